The van der Waals surface area contributed by atoms with Gasteiger partial charge in [0.05, 0.1) is 18.0 Å². The summed E-state index contributed by atoms with van der Waals surface area (Å²) in [6.07, 6.45) is -0.0327. The molecular formula is C20H19N5O3. The third kappa shape index (κ3) is 3.62. The van der Waals surface area contributed by atoms with E-state index in [2.05, 4.69) is 20.6 Å². The fraction of sp³-hybridized carbons (Fsp3) is 0.250. The Morgan fingerprint density at radius 2 is 1.57 bits per heavy atom. The lowest BCUT2D eigenvalue weighted by Crippen LogP contribution is -2.20. The lowest BCUT2D eigenvalue weighted by molar-refractivity contribution is -0.385. The lowest BCUT2D eigenvalue weighted by Gasteiger charge is -2.07. The Morgan fingerprint density at radius 1 is 0.964 bits per heavy atom. The number of nitrogens with one attached hydrogen (secondary N) is 2. The standard InChI is InChI=1S/C20H19N5O3/c26-18(13-1-3-14(4-2-13)19-21-7-8-22-19)12-15-5-6-16(11-17(15)25(27)28)20-23-9-10-24-20/h1-6,11H,7-10,12H2,(H,21,22)(H,23,24). The Hall–Kier alpha value is -3.55. The summed E-state index contributed by atoms with van der Waals surface area (Å²) in [5.74, 6) is 1.31. The molecule has 142 valence electrons. The first-order chi connectivity index (χ1) is 13.6. The lowest BCUT2D eigenvalue weighted by atomic mass is 9.99. The van der Waals surface area contributed by atoms with E-state index in [-0.39, 0.29) is 17.9 Å². The number of aliphatic imine (C=N–C) groups is 2. The van der Waals surface area contributed by atoms with Crippen molar-refractivity contribution < 1.29 is 9.72 Å². The highest BCUT2D eigenvalue weighted by molar-refractivity contribution is 6.03. The monoisotopic (exact) mass is 377 g/mol. The molecule has 0 fully saturated rings. The number of rotatable bonds is 6. The molecule has 8 nitrogen and oxygen atoms in total. The van der Waals surface area contributed by atoms with Gasteiger partial charge in [0, 0.05) is 47.8 Å². The minimum Gasteiger partial charge on any atom is -0.368 e. The van der Waals surface area contributed by atoms with E-state index >= 15 is 0 Å². The fourth-order valence-electron chi connectivity index (χ4n) is 3.30. The Kier molecular flexibility index (Phi) is 4.84. The zero-order valence-corrected chi connectivity index (χ0v) is 15.1. The van der Waals surface area contributed by atoms with Crippen LogP contribution < -0.4 is 10.6 Å². The van der Waals surface area contributed by atoms with E-state index < -0.39 is 4.92 Å². The number of carbonyl (C=O) groups is 1. The average Bonchev–Trinajstić information content (AvgIpc) is 3.42. The van der Waals surface area contributed by atoms with Gasteiger partial charge in [0.25, 0.3) is 5.69 Å². The minimum atomic E-state index is -0.450. The van der Waals surface area contributed by atoms with Crippen LogP contribution in [0.2, 0.25) is 0 Å². The van der Waals surface area contributed by atoms with Gasteiger partial charge in [-0.15, -0.1) is 0 Å². The van der Waals surface area contributed by atoms with Gasteiger partial charge in [0.1, 0.15) is 11.7 Å². The second kappa shape index (κ2) is 7.59. The van der Waals surface area contributed by atoms with Crippen LogP contribution in [0.15, 0.2) is 52.4 Å². The molecular weight excluding hydrogens is 358 g/mol. The Balaban J connectivity index is 1.54. The third-order valence-electron chi connectivity index (χ3n) is 4.74. The molecule has 2 aliphatic rings. The van der Waals surface area contributed by atoms with Crippen LogP contribution in [0, 0.1) is 10.1 Å². The van der Waals surface area contributed by atoms with Crippen LogP contribution in [-0.2, 0) is 6.42 Å². The highest BCUT2D eigenvalue weighted by Crippen LogP contribution is 2.23. The summed E-state index contributed by atoms with van der Waals surface area (Å²) in [5, 5.41) is 17.8. The van der Waals surface area contributed by atoms with Gasteiger partial charge in [-0.25, -0.2) is 0 Å². The van der Waals surface area contributed by atoms with Gasteiger partial charge in [-0.05, 0) is 0 Å². The number of Topliss-reactive ketones (excluding diaryl/α,β-unsaturated/α-hetero) is 1. The number of hydrogen-bond acceptors (Lipinski definition) is 7. The first-order valence-electron chi connectivity index (χ1n) is 9.10. The number of nitro benzene ring substituents is 1. The van der Waals surface area contributed by atoms with E-state index in [9.17, 15) is 14.9 Å². The van der Waals surface area contributed by atoms with Crippen LogP contribution in [0.4, 0.5) is 5.69 Å². The molecule has 0 saturated heterocycles. The molecule has 8 heteroatoms. The number of nitrogens with zero attached hydrogens (tertiary/aromatic N) is 3. The zero-order valence-electron chi connectivity index (χ0n) is 15.1. The number of carbonyl (C=O) groups excluding carboxylic acids is 1. The quantitative estimate of drug-likeness (QED) is 0.453. The number of amidine groups is 2. The largest absolute Gasteiger partial charge is 0.368 e. The van der Waals surface area contributed by atoms with Gasteiger partial charge >= 0.3 is 0 Å². The summed E-state index contributed by atoms with van der Waals surface area (Å²) >= 11 is 0. The molecule has 0 aromatic heterocycles. The van der Waals surface area contributed by atoms with Crippen molar-refractivity contribution in [1.82, 2.24) is 10.6 Å². The Bertz CT molecular complexity index is 995. The Labute approximate surface area is 161 Å². The van der Waals surface area contributed by atoms with Crippen molar-refractivity contribution in [2.45, 2.75) is 6.42 Å². The maximum atomic E-state index is 12.7. The molecule has 0 aliphatic carbocycles. The smallest absolute Gasteiger partial charge is 0.273 e. The van der Waals surface area contributed by atoms with Crippen molar-refractivity contribution in [2.24, 2.45) is 9.98 Å². The first kappa shape index (κ1) is 17.8. The summed E-state index contributed by atoms with van der Waals surface area (Å²) in [4.78, 5) is 32.4. The number of hydrogen-bond donors (Lipinski definition) is 2. The van der Waals surface area contributed by atoms with E-state index in [0.29, 0.717) is 29.1 Å². The van der Waals surface area contributed by atoms with Crippen LogP contribution in [-0.4, -0.2) is 48.6 Å². The van der Waals surface area contributed by atoms with Crippen LogP contribution in [0.3, 0.4) is 0 Å². The molecule has 2 aromatic carbocycles. The molecule has 0 radical (unpaired) electrons. The molecule has 0 spiro atoms. The van der Waals surface area contributed by atoms with Crippen molar-refractivity contribution in [1.29, 1.82) is 0 Å². The predicted octanol–water partition coefficient (Wildman–Crippen LogP) is 1.72. The van der Waals surface area contributed by atoms with Crippen LogP contribution >= 0.6 is 0 Å². The summed E-state index contributed by atoms with van der Waals surface area (Å²) in [7, 11) is 0. The van der Waals surface area contributed by atoms with Crippen molar-refractivity contribution in [3.8, 4) is 0 Å². The van der Waals surface area contributed by atoms with Crippen LogP contribution in [0.1, 0.15) is 27.0 Å². The van der Waals surface area contributed by atoms with E-state index in [1.54, 1.807) is 24.3 Å². The van der Waals surface area contributed by atoms with Gasteiger partial charge in [-0.3, -0.25) is 24.9 Å². The normalized spacial score (nSPS) is 15.4. The molecule has 0 saturated carbocycles. The molecule has 0 amide bonds. The molecule has 0 atom stereocenters. The van der Waals surface area contributed by atoms with Crippen molar-refractivity contribution in [3.05, 3.63) is 74.8 Å². The molecule has 2 aromatic rings. The summed E-state index contributed by atoms with van der Waals surface area (Å²) < 4.78 is 0. The SMILES string of the molecule is O=C(Cc1ccc(C2=NCCN2)cc1[N+](=O)[O-])c1ccc(C2=NCCN2)cc1. The Morgan fingerprint density at radius 3 is 2.14 bits per heavy atom. The van der Waals surface area contributed by atoms with Gasteiger partial charge in [-0.2, -0.15) is 0 Å². The zero-order chi connectivity index (χ0) is 19.5. The summed E-state index contributed by atoms with van der Waals surface area (Å²) in [6.45, 7) is 2.94. The van der Waals surface area contributed by atoms with Crippen LogP contribution in [0.25, 0.3) is 0 Å². The second-order valence-electron chi connectivity index (χ2n) is 6.59. The summed E-state index contributed by atoms with van der Waals surface area (Å²) in [6, 6.07) is 12.0. The maximum absolute atomic E-state index is 12.7. The molecule has 28 heavy (non-hydrogen) atoms. The number of benzene rings is 2. The molecule has 0 bridgehead atoms. The van der Waals surface area contributed by atoms with E-state index in [1.165, 1.54) is 6.07 Å². The molecule has 2 heterocycles. The first-order valence-corrected chi connectivity index (χ1v) is 9.10. The average molecular weight is 377 g/mol. The van der Waals surface area contributed by atoms with Gasteiger partial charge in [0.2, 0.25) is 0 Å². The highest BCUT2D eigenvalue weighted by Gasteiger charge is 2.20. The van der Waals surface area contributed by atoms with E-state index in [0.717, 1.165) is 31.0 Å². The van der Waals surface area contributed by atoms with Crippen molar-refractivity contribution >= 4 is 23.1 Å². The van der Waals surface area contributed by atoms with Crippen LogP contribution in [0.5, 0.6) is 0 Å². The minimum absolute atomic E-state index is 0.0327. The molecule has 4 rings (SSSR count). The van der Waals surface area contributed by atoms with Crippen molar-refractivity contribution in [3.63, 3.8) is 0 Å². The van der Waals surface area contributed by atoms with Gasteiger partial charge < -0.3 is 10.6 Å². The number of nitro groups is 1. The van der Waals surface area contributed by atoms with E-state index in [4.69, 9.17) is 0 Å². The highest BCUT2D eigenvalue weighted by atomic mass is 16.6. The molecule has 2 aliphatic heterocycles. The molecule has 0 unspecified atom stereocenters. The fourth-order valence-corrected chi connectivity index (χ4v) is 3.30. The van der Waals surface area contributed by atoms with Crippen molar-refractivity contribution in [2.75, 3.05) is 26.2 Å². The second-order valence-corrected chi connectivity index (χ2v) is 6.59. The van der Waals surface area contributed by atoms with E-state index in [1.807, 2.05) is 12.1 Å². The van der Waals surface area contributed by atoms with Gasteiger partial charge in [0.15, 0.2) is 5.78 Å². The predicted molar refractivity (Wildman–Crippen MR) is 106 cm³/mol. The summed E-state index contributed by atoms with van der Waals surface area (Å²) in [5.41, 5.74) is 2.43. The van der Waals surface area contributed by atoms with Gasteiger partial charge in [-0.1, -0.05) is 36.4 Å². The molecule has 2 N–H and O–H groups in total. The number of ketones is 1. The topological polar surface area (TPSA) is 109 Å². The maximum Gasteiger partial charge on any atom is 0.273 e. The third-order valence-corrected chi connectivity index (χ3v) is 4.74.